The molecule has 0 aromatic heterocycles. The van der Waals surface area contributed by atoms with Crippen LogP contribution in [0.1, 0.15) is 58.4 Å². The Labute approximate surface area is 166 Å². The average molecular weight is 387 g/mol. The van der Waals surface area contributed by atoms with Crippen molar-refractivity contribution in [1.29, 1.82) is 0 Å². The molecule has 0 amide bonds. The van der Waals surface area contributed by atoms with Crippen LogP contribution < -0.4 is 0 Å². The van der Waals surface area contributed by atoms with Gasteiger partial charge >= 0.3 is 0 Å². The van der Waals surface area contributed by atoms with Gasteiger partial charge in [0.1, 0.15) is 4.75 Å². The molecule has 2 nitrogen and oxygen atoms in total. The summed E-state index contributed by atoms with van der Waals surface area (Å²) in [5.74, 6) is 0.336. The van der Waals surface area contributed by atoms with Gasteiger partial charge in [0.15, 0.2) is 9.84 Å². The van der Waals surface area contributed by atoms with Gasteiger partial charge in [0.25, 0.3) is 0 Å². The van der Waals surface area contributed by atoms with E-state index in [0.717, 1.165) is 24.0 Å². The monoisotopic (exact) mass is 386 g/mol. The Morgan fingerprint density at radius 3 is 2.18 bits per heavy atom. The molecule has 6 rings (SSSR count). The van der Waals surface area contributed by atoms with Crippen molar-refractivity contribution in [2.45, 2.75) is 47.2 Å². The van der Waals surface area contributed by atoms with Gasteiger partial charge < -0.3 is 0 Å². The van der Waals surface area contributed by atoms with Gasteiger partial charge in [-0.3, -0.25) is 0 Å². The second-order valence-electron chi connectivity index (χ2n) is 8.54. The summed E-state index contributed by atoms with van der Waals surface area (Å²) < 4.78 is 27.9. The van der Waals surface area contributed by atoms with Crippen LogP contribution in [0, 0.1) is 6.92 Å². The number of benzene rings is 3. The number of sulfone groups is 1. The summed E-state index contributed by atoms with van der Waals surface area (Å²) in [6.07, 6.45) is 1.99. The van der Waals surface area contributed by atoms with Crippen LogP contribution in [0.3, 0.4) is 0 Å². The van der Waals surface area contributed by atoms with E-state index in [1.807, 2.05) is 25.1 Å². The minimum Gasteiger partial charge on any atom is -0.223 e. The van der Waals surface area contributed by atoms with Gasteiger partial charge in [-0.25, -0.2) is 8.42 Å². The number of hydrogen-bond donors (Lipinski definition) is 0. The van der Waals surface area contributed by atoms with Crippen LogP contribution in [-0.4, -0.2) is 8.42 Å². The van der Waals surface area contributed by atoms with Crippen molar-refractivity contribution in [2.75, 3.05) is 0 Å². The number of hydrogen-bond acceptors (Lipinski definition) is 2. The highest BCUT2D eigenvalue weighted by molar-refractivity contribution is 7.92. The Morgan fingerprint density at radius 2 is 1.43 bits per heavy atom. The Morgan fingerprint density at radius 1 is 0.786 bits per heavy atom. The SMILES string of the molecule is Cc1ccc(S(=O)(=O)[C@@]23c4ccccc4[C@H]4CC[C@@H]2c2ccccc2[C@H]43)cc1. The van der Waals surface area contributed by atoms with Gasteiger partial charge in [-0.2, -0.15) is 0 Å². The maximum absolute atomic E-state index is 14.4. The molecule has 28 heavy (non-hydrogen) atoms. The van der Waals surface area contributed by atoms with Crippen LogP contribution in [0.4, 0.5) is 0 Å². The fraction of sp³-hybridized carbons (Fsp3) is 0.280. The zero-order valence-electron chi connectivity index (χ0n) is 15.8. The Kier molecular flexibility index (Phi) is 3.17. The summed E-state index contributed by atoms with van der Waals surface area (Å²) in [5.41, 5.74) is 5.88. The third-order valence-electron chi connectivity index (χ3n) is 7.41. The molecular formula is C25H22O2S. The highest BCUT2D eigenvalue weighted by Gasteiger charge is 2.70. The first-order chi connectivity index (χ1) is 13.6. The lowest BCUT2D eigenvalue weighted by Crippen LogP contribution is -2.43. The first-order valence-electron chi connectivity index (χ1n) is 10.1. The van der Waals surface area contributed by atoms with E-state index in [1.54, 1.807) is 12.1 Å². The fourth-order valence-electron chi connectivity index (χ4n) is 6.47. The molecule has 1 saturated carbocycles. The molecule has 3 aromatic rings. The number of fused-ring (bicyclic) bond motifs is 4. The van der Waals surface area contributed by atoms with Crippen molar-refractivity contribution in [2.24, 2.45) is 0 Å². The lowest BCUT2D eigenvalue weighted by Gasteiger charge is -2.41. The first kappa shape index (κ1) is 16.6. The zero-order valence-corrected chi connectivity index (χ0v) is 16.6. The van der Waals surface area contributed by atoms with E-state index in [9.17, 15) is 8.42 Å². The molecule has 140 valence electrons. The topological polar surface area (TPSA) is 34.1 Å². The normalized spacial score (nSPS) is 29.4. The molecule has 0 aliphatic heterocycles. The van der Waals surface area contributed by atoms with Crippen LogP contribution >= 0.6 is 0 Å². The number of rotatable bonds is 2. The minimum atomic E-state index is -3.57. The van der Waals surface area contributed by atoms with Gasteiger partial charge in [-0.15, -0.1) is 0 Å². The van der Waals surface area contributed by atoms with Crippen LogP contribution in [0.15, 0.2) is 77.7 Å². The van der Waals surface area contributed by atoms with E-state index < -0.39 is 14.6 Å². The summed E-state index contributed by atoms with van der Waals surface area (Å²) >= 11 is 0. The molecule has 3 aliphatic rings. The van der Waals surface area contributed by atoms with E-state index in [1.165, 1.54) is 16.7 Å². The molecule has 0 heterocycles. The zero-order chi connectivity index (χ0) is 19.1. The van der Waals surface area contributed by atoms with Crippen LogP contribution in [0.2, 0.25) is 0 Å². The average Bonchev–Trinajstić information content (AvgIpc) is 3.03. The standard InChI is InChI=1S/C25H22O2S/c1-16-10-12-17(13-11-16)28(26,27)25-22-9-5-4-7-19(22)21-14-15-23(25)18-6-2-3-8-20(18)24(21)25/h2-13,21,23-24H,14-15H2,1H3/t21-,23-,24-,25+/m1/s1. The third-order valence-corrected chi connectivity index (χ3v) is 9.95. The van der Waals surface area contributed by atoms with Crippen molar-refractivity contribution >= 4 is 9.84 Å². The van der Waals surface area contributed by atoms with Crippen molar-refractivity contribution < 1.29 is 8.42 Å². The van der Waals surface area contributed by atoms with E-state index >= 15 is 0 Å². The lowest BCUT2D eigenvalue weighted by atomic mass is 9.74. The van der Waals surface area contributed by atoms with Gasteiger partial charge in [0, 0.05) is 11.8 Å². The summed E-state index contributed by atoms with van der Waals surface area (Å²) in [4.78, 5) is 0.457. The van der Waals surface area contributed by atoms with Gasteiger partial charge in [-0.05, 0) is 60.1 Å². The molecule has 1 fully saturated rings. The first-order valence-corrected chi connectivity index (χ1v) is 11.5. The second kappa shape index (κ2) is 5.36. The fourth-order valence-corrected chi connectivity index (χ4v) is 9.07. The number of aryl methyl sites for hydroxylation is 1. The predicted molar refractivity (Wildman–Crippen MR) is 110 cm³/mol. The van der Waals surface area contributed by atoms with Crippen LogP contribution in [-0.2, 0) is 14.6 Å². The van der Waals surface area contributed by atoms with Crippen LogP contribution in [0.25, 0.3) is 0 Å². The molecular weight excluding hydrogens is 364 g/mol. The molecule has 4 atom stereocenters. The Hall–Kier alpha value is -2.39. The van der Waals surface area contributed by atoms with Gasteiger partial charge in [0.2, 0.25) is 0 Å². The summed E-state index contributed by atoms with van der Waals surface area (Å²) in [7, 11) is -3.57. The summed E-state index contributed by atoms with van der Waals surface area (Å²) in [5, 5.41) is 0. The van der Waals surface area contributed by atoms with E-state index in [4.69, 9.17) is 0 Å². The second-order valence-corrected chi connectivity index (χ2v) is 10.7. The van der Waals surface area contributed by atoms with Crippen molar-refractivity contribution in [3.63, 3.8) is 0 Å². The maximum Gasteiger partial charge on any atom is 0.189 e. The van der Waals surface area contributed by atoms with Crippen molar-refractivity contribution in [3.8, 4) is 0 Å². The Bertz CT molecular complexity index is 1210. The van der Waals surface area contributed by atoms with Crippen LogP contribution in [0.5, 0.6) is 0 Å². The molecule has 0 N–H and O–H groups in total. The molecule has 3 aromatic carbocycles. The van der Waals surface area contributed by atoms with E-state index in [2.05, 4.69) is 42.5 Å². The molecule has 0 spiro atoms. The molecule has 3 aliphatic carbocycles. The molecule has 3 heteroatoms. The summed E-state index contributed by atoms with van der Waals surface area (Å²) in [6, 6.07) is 24.2. The smallest absolute Gasteiger partial charge is 0.189 e. The maximum atomic E-state index is 14.4. The highest BCUT2D eigenvalue weighted by atomic mass is 32.2. The molecule has 4 bridgehead atoms. The minimum absolute atomic E-state index is 0.0196. The van der Waals surface area contributed by atoms with Crippen molar-refractivity contribution in [1.82, 2.24) is 0 Å². The third kappa shape index (κ3) is 1.73. The largest absolute Gasteiger partial charge is 0.223 e. The van der Waals surface area contributed by atoms with Crippen molar-refractivity contribution in [3.05, 3.63) is 101 Å². The predicted octanol–water partition coefficient (Wildman–Crippen LogP) is 5.44. The van der Waals surface area contributed by atoms with E-state index in [0.29, 0.717) is 4.90 Å². The highest BCUT2D eigenvalue weighted by Crippen LogP contribution is 2.74. The lowest BCUT2D eigenvalue weighted by molar-refractivity contribution is 0.322. The molecule has 0 saturated heterocycles. The molecule has 0 unspecified atom stereocenters. The quantitative estimate of drug-likeness (QED) is 0.588. The van der Waals surface area contributed by atoms with Gasteiger partial charge in [-0.1, -0.05) is 66.2 Å². The molecule has 0 radical (unpaired) electrons. The van der Waals surface area contributed by atoms with Gasteiger partial charge in [0.05, 0.1) is 4.90 Å². The Balaban J connectivity index is 1.71. The summed E-state index contributed by atoms with van der Waals surface area (Å²) in [6.45, 7) is 2.00. The van der Waals surface area contributed by atoms with E-state index in [-0.39, 0.29) is 17.8 Å².